The lowest BCUT2D eigenvalue weighted by Crippen LogP contribution is -2.26. The molecule has 0 unspecified atom stereocenters. The van der Waals surface area contributed by atoms with Gasteiger partial charge in [-0.15, -0.1) is 0 Å². The molecule has 8 heteroatoms. The van der Waals surface area contributed by atoms with Gasteiger partial charge >= 0.3 is 0 Å². The fourth-order valence-electron chi connectivity index (χ4n) is 3.96. The van der Waals surface area contributed by atoms with E-state index >= 15 is 0 Å². The molecule has 1 amide bonds. The summed E-state index contributed by atoms with van der Waals surface area (Å²) in [6.45, 7) is 4.54. The third-order valence-corrected chi connectivity index (χ3v) is 6.02. The summed E-state index contributed by atoms with van der Waals surface area (Å²) < 4.78 is 20.4. The second-order valence-corrected chi connectivity index (χ2v) is 8.92. The number of hydrogen-bond donors (Lipinski definition) is 3. The van der Waals surface area contributed by atoms with Gasteiger partial charge in [-0.3, -0.25) is 9.78 Å². The summed E-state index contributed by atoms with van der Waals surface area (Å²) in [5, 5.41) is 13.8. The molecule has 2 aliphatic rings. The Hall–Kier alpha value is -3.26. The fraction of sp³-hybridized carbons (Fsp3) is 0.400. The van der Waals surface area contributed by atoms with Gasteiger partial charge in [0.15, 0.2) is 0 Å². The number of aromatic nitrogens is 1. The molecule has 1 saturated heterocycles. The summed E-state index contributed by atoms with van der Waals surface area (Å²) in [5.41, 5.74) is 2.48. The predicted molar refractivity (Wildman–Crippen MR) is 127 cm³/mol. The van der Waals surface area contributed by atoms with E-state index in [-0.39, 0.29) is 11.6 Å². The highest BCUT2D eigenvalue weighted by atomic mass is 19.1. The summed E-state index contributed by atoms with van der Waals surface area (Å²) in [5.74, 6) is 0.213. The quantitative estimate of drug-likeness (QED) is 0.504. The van der Waals surface area contributed by atoms with Crippen LogP contribution in [0.15, 0.2) is 36.8 Å². The second-order valence-electron chi connectivity index (χ2n) is 8.92. The summed E-state index contributed by atoms with van der Waals surface area (Å²) >= 11 is 0. The lowest BCUT2D eigenvalue weighted by atomic mass is 9.98. The van der Waals surface area contributed by atoms with Gasteiger partial charge in [-0.2, -0.15) is 0 Å². The van der Waals surface area contributed by atoms with Crippen LogP contribution in [0, 0.1) is 24.1 Å². The Morgan fingerprint density at radius 2 is 2.09 bits per heavy atom. The van der Waals surface area contributed by atoms with Crippen LogP contribution in [0.2, 0.25) is 0 Å². The Balaban J connectivity index is 1.46. The zero-order valence-corrected chi connectivity index (χ0v) is 19.0. The number of halogens is 1. The maximum absolute atomic E-state index is 14.4. The van der Waals surface area contributed by atoms with Crippen LogP contribution in [0.4, 0.5) is 10.1 Å². The van der Waals surface area contributed by atoms with E-state index in [2.05, 4.69) is 27.6 Å². The van der Waals surface area contributed by atoms with Crippen LogP contribution in [-0.4, -0.2) is 54.8 Å². The first-order chi connectivity index (χ1) is 15.9. The lowest BCUT2D eigenvalue weighted by molar-refractivity contribution is 0.0947. The normalized spacial score (nSPS) is 18.8. The Kier molecular flexibility index (Phi) is 7.03. The number of rotatable bonds is 9. The van der Waals surface area contributed by atoms with Crippen molar-refractivity contribution in [3.05, 3.63) is 59.3 Å². The molecule has 3 N–H and O–H groups in total. The number of benzene rings is 1. The average molecular weight is 452 g/mol. The predicted octanol–water partition coefficient (Wildman–Crippen LogP) is 3.85. The minimum atomic E-state index is -0.561. The van der Waals surface area contributed by atoms with Gasteiger partial charge in [-0.25, -0.2) is 4.39 Å². The Labute approximate surface area is 193 Å². The van der Waals surface area contributed by atoms with Crippen LogP contribution in [0.1, 0.15) is 40.7 Å². The van der Waals surface area contributed by atoms with Gasteiger partial charge in [0.25, 0.3) is 5.91 Å². The minimum Gasteiger partial charge on any atom is -0.492 e. The lowest BCUT2D eigenvalue weighted by Gasteiger charge is -2.13. The van der Waals surface area contributed by atoms with Gasteiger partial charge in [0, 0.05) is 42.6 Å². The van der Waals surface area contributed by atoms with Gasteiger partial charge in [0.2, 0.25) is 0 Å². The van der Waals surface area contributed by atoms with Crippen molar-refractivity contribution in [2.24, 2.45) is 5.92 Å². The number of carbonyl (C=O) groups is 1. The monoisotopic (exact) mass is 451 g/mol. The van der Waals surface area contributed by atoms with Gasteiger partial charge in [-0.05, 0) is 63.0 Å². The number of nitrogens with zero attached hydrogens (tertiary/aromatic N) is 2. The molecule has 2 heterocycles. The largest absolute Gasteiger partial charge is 0.492 e. The zero-order valence-electron chi connectivity index (χ0n) is 19.0. The van der Waals surface area contributed by atoms with Crippen molar-refractivity contribution in [1.29, 1.82) is 5.41 Å². The molecule has 174 valence electrons. The molecule has 1 aromatic heterocycles. The molecular formula is C25H30FN5O2. The molecule has 33 heavy (non-hydrogen) atoms. The maximum Gasteiger partial charge on any atom is 0.254 e. The summed E-state index contributed by atoms with van der Waals surface area (Å²) in [6, 6.07) is 4.84. The van der Waals surface area contributed by atoms with Crippen LogP contribution < -0.4 is 15.4 Å². The summed E-state index contributed by atoms with van der Waals surface area (Å²) in [6.07, 6.45) is 9.17. The second kappa shape index (κ2) is 10.1. The first kappa shape index (κ1) is 22.9. The first-order valence-corrected chi connectivity index (χ1v) is 11.3. The third kappa shape index (κ3) is 5.96. The number of hydrogen-bond acceptors (Lipinski definition) is 6. The van der Waals surface area contributed by atoms with Crippen molar-refractivity contribution < 1.29 is 13.9 Å². The van der Waals surface area contributed by atoms with Crippen molar-refractivity contribution in [2.75, 3.05) is 32.1 Å². The molecule has 2 aromatic rings. The molecule has 1 aromatic carbocycles. The highest BCUT2D eigenvalue weighted by Gasteiger charge is 2.25. The third-order valence-electron chi connectivity index (χ3n) is 6.02. The number of allylic oxidation sites excluding steroid dienone is 1. The van der Waals surface area contributed by atoms with Crippen LogP contribution in [0.5, 0.6) is 5.75 Å². The standard InChI is InChI=1S/C25H30FN5O2/c1-16-7-24(26)23(25(32)30-19-3-4-19)9-22(16)18(10-27)11-29-20-8-21(13-28-12-20)33-15-17-5-6-31(2)14-17/h7-13,17,19,27,29H,3-6,14-15H2,1-2H3,(H,30,32)/b18-11+,27-10?/t17-/m0/s1. The van der Waals surface area contributed by atoms with E-state index in [1.54, 1.807) is 25.5 Å². The zero-order chi connectivity index (χ0) is 23.4. The number of carbonyl (C=O) groups excluding carboxylic acids is 1. The number of ether oxygens (including phenoxy) is 1. The molecule has 2 fully saturated rings. The van der Waals surface area contributed by atoms with Gasteiger partial charge in [0.05, 0.1) is 30.3 Å². The van der Waals surface area contributed by atoms with Crippen LogP contribution in [0.3, 0.4) is 0 Å². The maximum atomic E-state index is 14.4. The Bertz CT molecular complexity index is 1070. The van der Waals surface area contributed by atoms with Crippen molar-refractivity contribution in [3.63, 3.8) is 0 Å². The molecule has 7 nitrogen and oxygen atoms in total. The van der Waals surface area contributed by atoms with Crippen LogP contribution in [-0.2, 0) is 0 Å². The molecule has 1 aliphatic carbocycles. The van der Waals surface area contributed by atoms with E-state index in [1.165, 1.54) is 18.3 Å². The first-order valence-electron chi connectivity index (χ1n) is 11.3. The number of pyridine rings is 1. The van der Waals surface area contributed by atoms with E-state index in [0.717, 1.165) is 32.4 Å². The molecular weight excluding hydrogens is 421 g/mol. The topological polar surface area (TPSA) is 90.3 Å². The highest BCUT2D eigenvalue weighted by Crippen LogP contribution is 2.25. The number of nitrogens with one attached hydrogen (secondary N) is 3. The highest BCUT2D eigenvalue weighted by molar-refractivity contribution is 6.10. The Morgan fingerprint density at radius 3 is 2.79 bits per heavy atom. The van der Waals surface area contributed by atoms with E-state index < -0.39 is 11.7 Å². The molecule has 0 spiro atoms. The molecule has 1 atom stereocenters. The fourth-order valence-corrected chi connectivity index (χ4v) is 3.96. The van der Waals surface area contributed by atoms with E-state index in [4.69, 9.17) is 10.1 Å². The minimum absolute atomic E-state index is 0.00938. The number of anilines is 1. The summed E-state index contributed by atoms with van der Waals surface area (Å²) in [7, 11) is 2.12. The smallest absolute Gasteiger partial charge is 0.254 e. The van der Waals surface area contributed by atoms with Crippen molar-refractivity contribution in [3.8, 4) is 5.75 Å². The van der Waals surface area contributed by atoms with E-state index in [0.29, 0.717) is 40.7 Å². The van der Waals surface area contributed by atoms with Crippen molar-refractivity contribution in [1.82, 2.24) is 15.2 Å². The van der Waals surface area contributed by atoms with E-state index in [1.807, 2.05) is 6.07 Å². The number of aryl methyl sites for hydroxylation is 1. The average Bonchev–Trinajstić information content (AvgIpc) is 3.51. The number of amides is 1. The Morgan fingerprint density at radius 1 is 1.27 bits per heavy atom. The van der Waals surface area contributed by atoms with Gasteiger partial charge in [0.1, 0.15) is 11.6 Å². The van der Waals surface area contributed by atoms with Crippen molar-refractivity contribution >= 4 is 23.4 Å². The SMILES string of the molecule is Cc1cc(F)c(C(=O)NC2CC2)cc1/C(C=N)=C/Nc1cncc(OC[C@H]2CCN(C)C2)c1. The summed E-state index contributed by atoms with van der Waals surface area (Å²) in [4.78, 5) is 18.9. The molecule has 1 saturated carbocycles. The van der Waals surface area contributed by atoms with Crippen LogP contribution in [0.25, 0.3) is 5.57 Å². The molecule has 0 bridgehead atoms. The molecule has 4 rings (SSSR count). The molecule has 1 aliphatic heterocycles. The van der Waals surface area contributed by atoms with Gasteiger partial charge < -0.3 is 25.7 Å². The number of likely N-dealkylation sites (tertiary alicyclic amines) is 1. The van der Waals surface area contributed by atoms with E-state index in [9.17, 15) is 9.18 Å². The van der Waals surface area contributed by atoms with Crippen LogP contribution >= 0.6 is 0 Å². The molecule has 0 radical (unpaired) electrons. The van der Waals surface area contributed by atoms with Gasteiger partial charge in [-0.1, -0.05) is 0 Å². The van der Waals surface area contributed by atoms with Crippen molar-refractivity contribution in [2.45, 2.75) is 32.2 Å².